The van der Waals surface area contributed by atoms with Crippen molar-refractivity contribution in [3.05, 3.63) is 0 Å². The molecular weight excluding hydrogens is 248 g/mol. The summed E-state index contributed by atoms with van der Waals surface area (Å²) in [4.78, 5) is 0. The molecule has 0 spiro atoms. The zero-order chi connectivity index (χ0) is 13.2. The van der Waals surface area contributed by atoms with E-state index in [0.29, 0.717) is 19.0 Å². The molecule has 0 amide bonds. The highest BCUT2D eigenvalue weighted by molar-refractivity contribution is 7.88. The van der Waals surface area contributed by atoms with E-state index in [1.807, 2.05) is 0 Å². The largest absolute Gasteiger partial charge is 0.213 e. The second kappa shape index (κ2) is 5.18. The van der Waals surface area contributed by atoms with Crippen molar-refractivity contribution in [1.82, 2.24) is 4.31 Å². The summed E-state index contributed by atoms with van der Waals surface area (Å²) in [6.07, 6.45) is 8.46. The quantitative estimate of drug-likeness (QED) is 0.789. The van der Waals surface area contributed by atoms with Gasteiger partial charge in [-0.05, 0) is 38.0 Å². The van der Waals surface area contributed by atoms with Crippen molar-refractivity contribution in [3.63, 3.8) is 0 Å². The van der Waals surface area contributed by atoms with Gasteiger partial charge in [0.15, 0.2) is 0 Å². The lowest BCUT2D eigenvalue weighted by molar-refractivity contribution is 0.203. The van der Waals surface area contributed by atoms with Crippen molar-refractivity contribution < 1.29 is 8.42 Å². The Morgan fingerprint density at radius 1 is 1.33 bits per heavy atom. The highest BCUT2D eigenvalue weighted by Gasteiger charge is 2.38. The Kier molecular flexibility index (Phi) is 3.98. The first kappa shape index (κ1) is 13.8. The van der Waals surface area contributed by atoms with Crippen LogP contribution in [0.25, 0.3) is 0 Å². The van der Waals surface area contributed by atoms with Crippen LogP contribution in [0, 0.1) is 22.7 Å². The maximum absolute atomic E-state index is 11.6. The van der Waals surface area contributed by atoms with E-state index in [1.165, 1.54) is 6.26 Å². The van der Waals surface area contributed by atoms with Gasteiger partial charge < -0.3 is 0 Å². The number of hydrogen-bond donors (Lipinski definition) is 0. The van der Waals surface area contributed by atoms with Crippen LogP contribution in [0.1, 0.15) is 44.9 Å². The molecule has 0 aromatic rings. The molecule has 2 rings (SSSR count). The molecule has 2 fully saturated rings. The van der Waals surface area contributed by atoms with Crippen LogP contribution in [0.4, 0.5) is 0 Å². The van der Waals surface area contributed by atoms with Crippen LogP contribution in [0.15, 0.2) is 0 Å². The number of piperidine rings is 1. The summed E-state index contributed by atoms with van der Waals surface area (Å²) >= 11 is 0. The van der Waals surface area contributed by atoms with Crippen molar-refractivity contribution in [2.24, 2.45) is 11.3 Å². The van der Waals surface area contributed by atoms with Gasteiger partial charge in [-0.3, -0.25) is 0 Å². The molecule has 2 aliphatic rings. The van der Waals surface area contributed by atoms with Crippen LogP contribution in [-0.4, -0.2) is 32.1 Å². The van der Waals surface area contributed by atoms with Crippen LogP contribution < -0.4 is 0 Å². The van der Waals surface area contributed by atoms with Crippen molar-refractivity contribution in [1.29, 1.82) is 5.26 Å². The Hall–Kier alpha value is -0.600. The van der Waals surface area contributed by atoms with Gasteiger partial charge in [0, 0.05) is 13.1 Å². The lowest BCUT2D eigenvalue weighted by Crippen LogP contribution is -2.40. The topological polar surface area (TPSA) is 61.2 Å². The van der Waals surface area contributed by atoms with Gasteiger partial charge in [0.05, 0.1) is 17.7 Å². The van der Waals surface area contributed by atoms with Crippen LogP contribution in [0.2, 0.25) is 0 Å². The number of nitriles is 1. The fourth-order valence-electron chi connectivity index (χ4n) is 3.46. The summed E-state index contributed by atoms with van der Waals surface area (Å²) in [7, 11) is -3.07. The lowest BCUT2D eigenvalue weighted by atomic mass is 9.77. The molecule has 0 aromatic heterocycles. The minimum Gasteiger partial charge on any atom is -0.213 e. The molecular formula is C13H22N2O2S. The Balaban J connectivity index is 2.00. The molecule has 18 heavy (non-hydrogen) atoms. The monoisotopic (exact) mass is 270 g/mol. The molecule has 0 aromatic carbocycles. The molecule has 1 unspecified atom stereocenters. The molecule has 1 aliphatic carbocycles. The zero-order valence-corrected chi connectivity index (χ0v) is 11.9. The lowest BCUT2D eigenvalue weighted by Gasteiger charge is -2.34. The summed E-state index contributed by atoms with van der Waals surface area (Å²) in [6.45, 7) is 1.26. The van der Waals surface area contributed by atoms with E-state index < -0.39 is 10.0 Å². The van der Waals surface area contributed by atoms with Gasteiger partial charge in [-0.25, -0.2) is 12.7 Å². The van der Waals surface area contributed by atoms with Crippen LogP contribution in [-0.2, 0) is 10.0 Å². The minimum atomic E-state index is -3.07. The first-order valence-electron chi connectivity index (χ1n) is 6.82. The van der Waals surface area contributed by atoms with Gasteiger partial charge >= 0.3 is 0 Å². The summed E-state index contributed by atoms with van der Waals surface area (Å²) in [5.74, 6) is 0.367. The second-order valence-corrected chi connectivity index (χ2v) is 7.92. The van der Waals surface area contributed by atoms with Gasteiger partial charge in [-0.2, -0.15) is 5.26 Å². The third-order valence-corrected chi connectivity index (χ3v) is 5.70. The molecule has 1 saturated heterocycles. The third-order valence-electron chi connectivity index (χ3n) is 4.43. The minimum absolute atomic E-state index is 0.162. The molecule has 102 valence electrons. The molecule has 4 nitrogen and oxygen atoms in total. The molecule has 0 bridgehead atoms. The fourth-order valence-corrected chi connectivity index (χ4v) is 4.40. The van der Waals surface area contributed by atoms with Crippen molar-refractivity contribution >= 4 is 10.0 Å². The van der Waals surface area contributed by atoms with E-state index in [2.05, 4.69) is 6.07 Å². The molecule has 1 heterocycles. The fraction of sp³-hybridized carbons (Fsp3) is 0.923. The van der Waals surface area contributed by atoms with Crippen LogP contribution >= 0.6 is 0 Å². The van der Waals surface area contributed by atoms with E-state index in [1.54, 1.807) is 4.31 Å². The van der Waals surface area contributed by atoms with Gasteiger partial charge in [0.1, 0.15) is 0 Å². The first-order chi connectivity index (χ1) is 8.45. The smallest absolute Gasteiger partial charge is 0.211 e. The van der Waals surface area contributed by atoms with E-state index in [-0.39, 0.29) is 5.41 Å². The van der Waals surface area contributed by atoms with Crippen molar-refractivity contribution in [3.8, 4) is 6.07 Å². The van der Waals surface area contributed by atoms with E-state index in [0.717, 1.165) is 44.9 Å². The Morgan fingerprint density at radius 2 is 2.00 bits per heavy atom. The molecule has 0 N–H and O–H groups in total. The highest BCUT2D eigenvalue weighted by atomic mass is 32.2. The predicted molar refractivity (Wildman–Crippen MR) is 70.3 cm³/mol. The van der Waals surface area contributed by atoms with Crippen LogP contribution in [0.3, 0.4) is 0 Å². The van der Waals surface area contributed by atoms with Gasteiger partial charge in [0.25, 0.3) is 0 Å². The van der Waals surface area contributed by atoms with E-state index >= 15 is 0 Å². The van der Waals surface area contributed by atoms with Gasteiger partial charge in [-0.1, -0.05) is 12.8 Å². The number of rotatable bonds is 3. The number of sulfonamides is 1. The molecule has 1 aliphatic heterocycles. The normalized spacial score (nSPS) is 29.0. The number of nitrogens with zero attached hydrogens (tertiary/aromatic N) is 2. The average Bonchev–Trinajstić information content (AvgIpc) is 2.77. The summed E-state index contributed by atoms with van der Waals surface area (Å²) < 4.78 is 24.7. The summed E-state index contributed by atoms with van der Waals surface area (Å²) in [5.41, 5.74) is -0.162. The third kappa shape index (κ3) is 3.04. The molecule has 0 radical (unpaired) electrons. The molecule has 5 heteroatoms. The Morgan fingerprint density at radius 3 is 2.56 bits per heavy atom. The van der Waals surface area contributed by atoms with Crippen molar-refractivity contribution in [2.75, 3.05) is 19.3 Å². The maximum atomic E-state index is 11.6. The average molecular weight is 270 g/mol. The SMILES string of the molecule is CS(=O)(=O)N1CCCC(CC2(C#N)CCCC2)C1. The van der Waals surface area contributed by atoms with E-state index in [9.17, 15) is 13.7 Å². The number of hydrogen-bond acceptors (Lipinski definition) is 3. The van der Waals surface area contributed by atoms with Crippen molar-refractivity contribution in [2.45, 2.75) is 44.9 Å². The molecule has 1 atom stereocenters. The van der Waals surface area contributed by atoms with E-state index in [4.69, 9.17) is 0 Å². The molecule has 1 saturated carbocycles. The van der Waals surface area contributed by atoms with Gasteiger partial charge in [0.2, 0.25) is 10.0 Å². The summed E-state index contributed by atoms with van der Waals surface area (Å²) in [5, 5.41) is 9.39. The maximum Gasteiger partial charge on any atom is 0.211 e. The Bertz CT molecular complexity index is 432. The first-order valence-corrected chi connectivity index (χ1v) is 8.66. The van der Waals surface area contributed by atoms with Crippen LogP contribution in [0.5, 0.6) is 0 Å². The Labute approximate surface area is 110 Å². The van der Waals surface area contributed by atoms with Gasteiger partial charge in [-0.15, -0.1) is 0 Å². The zero-order valence-electron chi connectivity index (χ0n) is 11.1. The second-order valence-electron chi connectivity index (χ2n) is 5.93. The standard InChI is InChI=1S/C13H22N2O2S/c1-18(16,17)15-8-4-5-12(10-15)9-13(11-14)6-2-3-7-13/h12H,2-10H2,1H3. The highest BCUT2D eigenvalue weighted by Crippen LogP contribution is 2.44. The predicted octanol–water partition coefficient (Wildman–Crippen LogP) is 2.13. The summed E-state index contributed by atoms with van der Waals surface area (Å²) in [6, 6.07) is 2.51.